The van der Waals surface area contributed by atoms with Crippen molar-refractivity contribution in [1.82, 2.24) is 4.90 Å². The van der Waals surface area contributed by atoms with Gasteiger partial charge in [0.15, 0.2) is 0 Å². The lowest BCUT2D eigenvalue weighted by Gasteiger charge is -2.12. The molecule has 0 aromatic heterocycles. The van der Waals surface area contributed by atoms with Crippen molar-refractivity contribution < 1.29 is 19.2 Å². The molecular formula is C10H11NO4. The van der Waals surface area contributed by atoms with Gasteiger partial charge in [0.05, 0.1) is 0 Å². The van der Waals surface area contributed by atoms with E-state index in [4.69, 9.17) is 0 Å². The summed E-state index contributed by atoms with van der Waals surface area (Å²) in [4.78, 5) is 44.3. The van der Waals surface area contributed by atoms with Crippen LogP contribution in [0.15, 0.2) is 12.2 Å². The number of ketones is 1. The first-order valence-electron chi connectivity index (χ1n) is 4.64. The summed E-state index contributed by atoms with van der Waals surface area (Å²) in [5.41, 5.74) is 0. The van der Waals surface area contributed by atoms with Crippen LogP contribution in [0.25, 0.3) is 0 Å². The molecule has 0 saturated carbocycles. The molecule has 1 rings (SSSR count). The summed E-state index contributed by atoms with van der Waals surface area (Å²) in [6.07, 6.45) is 3.52. The SMILES string of the molecule is O=CCCC(=O)CCN1C(=O)C=CC1=O. The third-order valence-corrected chi connectivity index (χ3v) is 2.06. The monoisotopic (exact) mass is 209 g/mol. The van der Waals surface area contributed by atoms with Gasteiger partial charge in [0.1, 0.15) is 12.1 Å². The predicted molar refractivity (Wildman–Crippen MR) is 50.8 cm³/mol. The van der Waals surface area contributed by atoms with Gasteiger partial charge in [-0.3, -0.25) is 19.3 Å². The van der Waals surface area contributed by atoms with Crippen LogP contribution in [0.3, 0.4) is 0 Å². The lowest BCUT2D eigenvalue weighted by molar-refractivity contribution is -0.137. The highest BCUT2D eigenvalue weighted by Crippen LogP contribution is 2.05. The van der Waals surface area contributed by atoms with Crippen LogP contribution in [-0.2, 0) is 19.2 Å². The Morgan fingerprint density at radius 2 is 1.80 bits per heavy atom. The molecule has 15 heavy (non-hydrogen) atoms. The Morgan fingerprint density at radius 3 is 2.33 bits per heavy atom. The van der Waals surface area contributed by atoms with E-state index in [-0.39, 0.29) is 43.4 Å². The summed E-state index contributed by atoms with van der Waals surface area (Å²) in [6.45, 7) is 0.0996. The third-order valence-electron chi connectivity index (χ3n) is 2.06. The lowest BCUT2D eigenvalue weighted by atomic mass is 10.2. The first-order valence-corrected chi connectivity index (χ1v) is 4.64. The smallest absolute Gasteiger partial charge is 0.253 e. The molecule has 0 unspecified atom stereocenters. The number of Topliss-reactive ketones (excluding diaryl/α,β-unsaturated/α-hetero) is 1. The van der Waals surface area contributed by atoms with Crippen LogP contribution < -0.4 is 0 Å². The normalized spacial score (nSPS) is 14.8. The summed E-state index contributed by atoms with van der Waals surface area (Å²) in [7, 11) is 0. The average molecular weight is 209 g/mol. The molecule has 0 radical (unpaired) electrons. The molecule has 0 atom stereocenters. The van der Waals surface area contributed by atoms with Crippen molar-refractivity contribution in [2.45, 2.75) is 19.3 Å². The minimum Gasteiger partial charge on any atom is -0.303 e. The van der Waals surface area contributed by atoms with Crippen molar-refractivity contribution in [1.29, 1.82) is 0 Å². The van der Waals surface area contributed by atoms with Gasteiger partial charge in [-0.2, -0.15) is 0 Å². The van der Waals surface area contributed by atoms with E-state index in [1.165, 1.54) is 12.2 Å². The molecule has 0 aromatic rings. The van der Waals surface area contributed by atoms with Crippen LogP contribution >= 0.6 is 0 Å². The van der Waals surface area contributed by atoms with Gasteiger partial charge < -0.3 is 4.79 Å². The number of aldehydes is 1. The molecule has 0 spiro atoms. The van der Waals surface area contributed by atoms with Gasteiger partial charge in [-0.25, -0.2) is 0 Å². The predicted octanol–water partition coefficient (Wildman–Crippen LogP) is -0.150. The van der Waals surface area contributed by atoms with Gasteiger partial charge in [-0.15, -0.1) is 0 Å². The Labute approximate surface area is 86.7 Å². The van der Waals surface area contributed by atoms with E-state index in [9.17, 15) is 19.2 Å². The Balaban J connectivity index is 2.31. The quantitative estimate of drug-likeness (QED) is 0.450. The number of hydrogen-bond donors (Lipinski definition) is 0. The van der Waals surface area contributed by atoms with Crippen molar-refractivity contribution in [2.75, 3.05) is 6.54 Å². The molecule has 0 fully saturated rings. The number of nitrogens with zero attached hydrogens (tertiary/aromatic N) is 1. The second kappa shape index (κ2) is 5.19. The van der Waals surface area contributed by atoms with Crippen LogP contribution in [0.2, 0.25) is 0 Å². The van der Waals surface area contributed by atoms with Crippen molar-refractivity contribution >= 4 is 23.9 Å². The van der Waals surface area contributed by atoms with Crippen molar-refractivity contribution in [3.05, 3.63) is 12.2 Å². The summed E-state index contributed by atoms with van der Waals surface area (Å²) < 4.78 is 0. The number of carbonyl (C=O) groups excluding carboxylic acids is 4. The maximum absolute atomic E-state index is 11.1. The highest BCUT2D eigenvalue weighted by atomic mass is 16.2. The molecule has 5 heteroatoms. The Hall–Kier alpha value is -1.78. The van der Waals surface area contributed by atoms with Crippen LogP contribution in [0.1, 0.15) is 19.3 Å². The van der Waals surface area contributed by atoms with E-state index in [1.807, 2.05) is 0 Å². The summed E-state index contributed by atoms with van der Waals surface area (Å²) in [5.74, 6) is -0.888. The van der Waals surface area contributed by atoms with Crippen molar-refractivity contribution in [3.8, 4) is 0 Å². The van der Waals surface area contributed by atoms with Crippen molar-refractivity contribution in [2.24, 2.45) is 0 Å². The Kier molecular flexibility index (Phi) is 3.91. The Morgan fingerprint density at radius 1 is 1.20 bits per heavy atom. The fraction of sp³-hybridized carbons (Fsp3) is 0.400. The number of hydrogen-bond acceptors (Lipinski definition) is 4. The van der Waals surface area contributed by atoms with E-state index in [1.54, 1.807) is 0 Å². The molecule has 1 aliphatic rings. The first kappa shape index (κ1) is 11.3. The molecule has 0 aromatic carbocycles. The van der Waals surface area contributed by atoms with Crippen LogP contribution in [0.5, 0.6) is 0 Å². The number of amides is 2. The molecule has 1 heterocycles. The summed E-state index contributed by atoms with van der Waals surface area (Å²) in [6, 6.07) is 0. The zero-order valence-corrected chi connectivity index (χ0v) is 8.14. The first-order chi connectivity index (χ1) is 7.15. The topological polar surface area (TPSA) is 71.5 Å². The Bertz CT molecular complexity index is 314. The summed E-state index contributed by atoms with van der Waals surface area (Å²) in [5, 5.41) is 0. The largest absolute Gasteiger partial charge is 0.303 e. The number of carbonyl (C=O) groups is 4. The molecule has 2 amide bonds. The molecule has 80 valence electrons. The standard InChI is InChI=1S/C10H11NO4/c12-7-1-2-8(13)5-6-11-9(14)3-4-10(11)15/h3-4,7H,1-2,5-6H2. The fourth-order valence-corrected chi connectivity index (χ4v) is 1.23. The molecule has 0 saturated heterocycles. The summed E-state index contributed by atoms with van der Waals surface area (Å²) >= 11 is 0. The van der Waals surface area contributed by atoms with Gasteiger partial charge in [-0.1, -0.05) is 0 Å². The third kappa shape index (κ3) is 3.12. The second-order valence-electron chi connectivity index (χ2n) is 3.16. The number of imide groups is 1. The minimum absolute atomic E-state index is 0.0996. The van der Waals surface area contributed by atoms with Gasteiger partial charge >= 0.3 is 0 Å². The zero-order valence-electron chi connectivity index (χ0n) is 8.14. The second-order valence-corrected chi connectivity index (χ2v) is 3.16. The highest BCUT2D eigenvalue weighted by molar-refractivity contribution is 6.13. The van der Waals surface area contributed by atoms with Gasteiger partial charge in [0, 0.05) is 38.0 Å². The van der Waals surface area contributed by atoms with Crippen molar-refractivity contribution in [3.63, 3.8) is 0 Å². The molecule has 0 N–H and O–H groups in total. The maximum Gasteiger partial charge on any atom is 0.253 e. The average Bonchev–Trinajstić information content (AvgIpc) is 2.53. The molecular weight excluding hydrogens is 198 g/mol. The van der Waals surface area contributed by atoms with Gasteiger partial charge in [0.2, 0.25) is 0 Å². The fourth-order valence-electron chi connectivity index (χ4n) is 1.23. The van der Waals surface area contributed by atoms with E-state index < -0.39 is 0 Å². The van der Waals surface area contributed by atoms with Gasteiger partial charge in [-0.05, 0) is 0 Å². The molecule has 1 aliphatic heterocycles. The zero-order chi connectivity index (χ0) is 11.3. The molecule has 0 aliphatic carbocycles. The van der Waals surface area contributed by atoms with E-state index >= 15 is 0 Å². The minimum atomic E-state index is -0.386. The van der Waals surface area contributed by atoms with Crippen LogP contribution in [-0.4, -0.2) is 35.3 Å². The molecule has 5 nitrogen and oxygen atoms in total. The van der Waals surface area contributed by atoms with Crippen LogP contribution in [0, 0.1) is 0 Å². The van der Waals surface area contributed by atoms with Crippen LogP contribution in [0.4, 0.5) is 0 Å². The maximum atomic E-state index is 11.1. The highest BCUT2D eigenvalue weighted by Gasteiger charge is 2.23. The van der Waals surface area contributed by atoms with E-state index in [0.29, 0.717) is 6.29 Å². The van der Waals surface area contributed by atoms with E-state index in [0.717, 1.165) is 4.90 Å². The molecule has 0 bridgehead atoms. The number of rotatable bonds is 6. The van der Waals surface area contributed by atoms with E-state index in [2.05, 4.69) is 0 Å². The van der Waals surface area contributed by atoms with Gasteiger partial charge in [0.25, 0.3) is 11.8 Å². The lowest BCUT2D eigenvalue weighted by Crippen LogP contribution is -2.32.